The lowest BCUT2D eigenvalue weighted by molar-refractivity contribution is 0.875. The van der Waals surface area contributed by atoms with Crippen molar-refractivity contribution in [1.82, 2.24) is 9.97 Å². The molecule has 2 heterocycles. The summed E-state index contributed by atoms with van der Waals surface area (Å²) in [7, 11) is 0. The van der Waals surface area contributed by atoms with E-state index in [0.29, 0.717) is 5.69 Å². The zero-order chi connectivity index (χ0) is 14.8. The third-order valence-electron chi connectivity index (χ3n) is 2.33. The van der Waals surface area contributed by atoms with Crippen molar-refractivity contribution in [1.29, 1.82) is 10.5 Å². The third kappa shape index (κ3) is 4.83. The molecule has 20 heavy (non-hydrogen) atoms. The van der Waals surface area contributed by atoms with Crippen LogP contribution >= 0.6 is 0 Å². The highest BCUT2D eigenvalue weighted by Gasteiger charge is 2.02. The molecule has 0 aliphatic heterocycles. The van der Waals surface area contributed by atoms with Gasteiger partial charge in [-0.05, 0) is 18.2 Å². The van der Waals surface area contributed by atoms with Crippen LogP contribution < -0.4 is 11.5 Å². The van der Waals surface area contributed by atoms with Crippen LogP contribution in [0.4, 0.5) is 0 Å². The van der Waals surface area contributed by atoms with E-state index in [1.165, 1.54) is 0 Å². The van der Waals surface area contributed by atoms with E-state index >= 15 is 0 Å². The molecule has 0 aliphatic rings. The van der Waals surface area contributed by atoms with Gasteiger partial charge in [0.05, 0.1) is 17.8 Å². The smallest absolute Gasteiger partial charge is 0.135 e. The Morgan fingerprint density at radius 2 is 1.70 bits per heavy atom. The zero-order valence-electron chi connectivity index (χ0n) is 10.7. The number of rotatable bonds is 2. The van der Waals surface area contributed by atoms with Crippen LogP contribution in [-0.2, 0) is 0 Å². The van der Waals surface area contributed by atoms with Crippen LogP contribution in [0.3, 0.4) is 0 Å². The maximum atomic E-state index is 8.39. The molecular formula is C14H14N6. The van der Waals surface area contributed by atoms with Crippen molar-refractivity contribution in [3.8, 4) is 12.1 Å². The standard InChI is InChI=1S/2C7H7N3/c8-4-7(9)6-2-1-3-10-5-6;8-5-6(9)7-3-1-2-4-10-7/h1-3,5,7H,9H2;1-4,6H,9H2. The van der Waals surface area contributed by atoms with Crippen molar-refractivity contribution >= 4 is 0 Å². The number of hydrogen-bond acceptors (Lipinski definition) is 6. The van der Waals surface area contributed by atoms with Gasteiger partial charge >= 0.3 is 0 Å². The molecule has 2 atom stereocenters. The molecule has 0 saturated heterocycles. The molecule has 0 radical (unpaired) electrons. The first-order chi connectivity index (χ1) is 9.69. The summed E-state index contributed by atoms with van der Waals surface area (Å²) in [5, 5.41) is 16.8. The number of nitriles is 2. The summed E-state index contributed by atoms with van der Waals surface area (Å²) in [6.07, 6.45) is 4.86. The van der Waals surface area contributed by atoms with Crippen LogP contribution in [0.2, 0.25) is 0 Å². The Kier molecular flexibility index (Phi) is 6.35. The van der Waals surface area contributed by atoms with Crippen molar-refractivity contribution in [3.63, 3.8) is 0 Å². The van der Waals surface area contributed by atoms with E-state index in [9.17, 15) is 0 Å². The second kappa shape index (κ2) is 8.33. The Bertz CT molecular complexity index is 529. The molecule has 4 N–H and O–H groups in total. The van der Waals surface area contributed by atoms with Crippen LogP contribution in [0.5, 0.6) is 0 Å². The van der Waals surface area contributed by atoms with Gasteiger partial charge in [-0.3, -0.25) is 9.97 Å². The summed E-state index contributed by atoms with van der Waals surface area (Å²) in [5.74, 6) is 0. The maximum Gasteiger partial charge on any atom is 0.135 e. The molecule has 0 amide bonds. The van der Waals surface area contributed by atoms with E-state index in [2.05, 4.69) is 9.97 Å². The van der Waals surface area contributed by atoms with Crippen LogP contribution in [0.1, 0.15) is 23.3 Å². The molecule has 100 valence electrons. The van der Waals surface area contributed by atoms with Crippen LogP contribution in [0.25, 0.3) is 0 Å². The lowest BCUT2D eigenvalue weighted by Crippen LogP contribution is -2.08. The first-order valence-electron chi connectivity index (χ1n) is 5.80. The van der Waals surface area contributed by atoms with Gasteiger partial charge in [0.1, 0.15) is 12.1 Å². The van der Waals surface area contributed by atoms with E-state index in [-0.39, 0.29) is 0 Å². The summed E-state index contributed by atoms with van der Waals surface area (Å²) < 4.78 is 0. The fraction of sp³-hybridized carbons (Fsp3) is 0.143. The van der Waals surface area contributed by atoms with Gasteiger partial charge < -0.3 is 11.5 Å². The lowest BCUT2D eigenvalue weighted by Gasteiger charge is -1.98. The molecule has 0 spiro atoms. The molecule has 0 fully saturated rings. The van der Waals surface area contributed by atoms with Gasteiger partial charge in [0.15, 0.2) is 0 Å². The first-order valence-corrected chi connectivity index (χ1v) is 5.80. The quantitative estimate of drug-likeness (QED) is 0.841. The molecule has 2 unspecified atom stereocenters. The van der Waals surface area contributed by atoms with Gasteiger partial charge in [0.25, 0.3) is 0 Å². The van der Waals surface area contributed by atoms with Crippen LogP contribution in [-0.4, -0.2) is 9.97 Å². The van der Waals surface area contributed by atoms with Gasteiger partial charge in [-0.2, -0.15) is 10.5 Å². The minimum Gasteiger partial charge on any atom is -0.312 e. The Morgan fingerprint density at radius 3 is 2.20 bits per heavy atom. The van der Waals surface area contributed by atoms with Crippen LogP contribution in [0.15, 0.2) is 48.9 Å². The van der Waals surface area contributed by atoms with Gasteiger partial charge in [0, 0.05) is 24.2 Å². The minimum absolute atomic E-state index is 0.548. The monoisotopic (exact) mass is 266 g/mol. The van der Waals surface area contributed by atoms with E-state index in [0.717, 1.165) is 5.56 Å². The third-order valence-corrected chi connectivity index (χ3v) is 2.33. The number of pyridine rings is 2. The fourth-order valence-electron chi connectivity index (χ4n) is 1.26. The first kappa shape index (κ1) is 15.3. The number of aromatic nitrogens is 2. The highest BCUT2D eigenvalue weighted by molar-refractivity contribution is 5.18. The lowest BCUT2D eigenvalue weighted by atomic mass is 10.1. The molecular weight excluding hydrogens is 252 g/mol. The van der Waals surface area contributed by atoms with E-state index in [1.54, 1.807) is 48.9 Å². The minimum atomic E-state index is -0.596. The summed E-state index contributed by atoms with van der Waals surface area (Å²) in [6, 6.07) is 11.5. The second-order valence-corrected chi connectivity index (χ2v) is 3.75. The van der Waals surface area contributed by atoms with Crippen molar-refractivity contribution in [2.75, 3.05) is 0 Å². The van der Waals surface area contributed by atoms with Crippen LogP contribution in [0, 0.1) is 22.7 Å². The Labute approximate surface area is 117 Å². The molecule has 0 aliphatic carbocycles. The van der Waals surface area contributed by atoms with Gasteiger partial charge in [0.2, 0.25) is 0 Å². The highest BCUT2D eigenvalue weighted by Crippen LogP contribution is 2.04. The molecule has 2 rings (SSSR count). The largest absolute Gasteiger partial charge is 0.312 e. The number of hydrogen-bond donors (Lipinski definition) is 2. The predicted molar refractivity (Wildman–Crippen MR) is 73.6 cm³/mol. The zero-order valence-corrected chi connectivity index (χ0v) is 10.7. The molecule has 2 aromatic heterocycles. The van der Waals surface area contributed by atoms with Gasteiger partial charge in [-0.1, -0.05) is 12.1 Å². The molecule has 0 aromatic carbocycles. The number of nitrogens with zero attached hydrogens (tertiary/aromatic N) is 4. The summed E-state index contributed by atoms with van der Waals surface area (Å²) in [6.45, 7) is 0. The molecule has 0 bridgehead atoms. The molecule has 2 aromatic rings. The topological polar surface area (TPSA) is 125 Å². The van der Waals surface area contributed by atoms with Gasteiger partial charge in [-0.25, -0.2) is 0 Å². The average molecular weight is 266 g/mol. The maximum absolute atomic E-state index is 8.39. The molecule has 6 heteroatoms. The summed E-state index contributed by atoms with van der Waals surface area (Å²) in [5.41, 5.74) is 12.1. The normalized spacial score (nSPS) is 12.0. The van der Waals surface area contributed by atoms with Gasteiger partial charge in [-0.15, -0.1) is 0 Å². The van der Waals surface area contributed by atoms with E-state index in [4.69, 9.17) is 22.0 Å². The SMILES string of the molecule is N#CC(N)c1ccccn1.N#CC(N)c1cccnc1. The average Bonchev–Trinajstić information content (AvgIpc) is 2.55. The predicted octanol–water partition coefficient (Wildman–Crippen LogP) is 1.21. The fourth-order valence-corrected chi connectivity index (χ4v) is 1.26. The van der Waals surface area contributed by atoms with E-state index < -0.39 is 12.1 Å². The van der Waals surface area contributed by atoms with Crippen molar-refractivity contribution in [3.05, 3.63) is 60.2 Å². The van der Waals surface area contributed by atoms with E-state index in [1.807, 2.05) is 12.1 Å². The molecule has 0 saturated carbocycles. The number of nitrogens with two attached hydrogens (primary N) is 2. The summed E-state index contributed by atoms with van der Waals surface area (Å²) >= 11 is 0. The summed E-state index contributed by atoms with van der Waals surface area (Å²) in [4.78, 5) is 7.72. The highest BCUT2D eigenvalue weighted by atomic mass is 14.8. The van der Waals surface area contributed by atoms with Crippen molar-refractivity contribution in [2.45, 2.75) is 12.1 Å². The van der Waals surface area contributed by atoms with Crippen molar-refractivity contribution < 1.29 is 0 Å². The Hall–Kier alpha value is -2.80. The van der Waals surface area contributed by atoms with Crippen molar-refractivity contribution in [2.24, 2.45) is 11.5 Å². The second-order valence-electron chi connectivity index (χ2n) is 3.75. The molecule has 6 nitrogen and oxygen atoms in total. The Morgan fingerprint density at radius 1 is 0.950 bits per heavy atom. The Balaban J connectivity index is 0.000000200.